The van der Waals surface area contributed by atoms with Gasteiger partial charge in [0, 0.05) is 16.1 Å². The number of hydrogen-bond acceptors (Lipinski definition) is 7. The molecule has 4 rings (SSSR count). The quantitative estimate of drug-likeness (QED) is 0.231. The maximum atomic E-state index is 13.0. The number of hydrazine groups is 1. The number of thioether (sulfide) groups is 1. The first-order chi connectivity index (χ1) is 18.7. The second-order valence-electron chi connectivity index (χ2n) is 8.29. The van der Waals surface area contributed by atoms with Gasteiger partial charge in [-0.2, -0.15) is 5.01 Å². The van der Waals surface area contributed by atoms with E-state index in [0.29, 0.717) is 39.0 Å². The molecule has 2 amide bonds. The molecule has 1 aliphatic rings. The summed E-state index contributed by atoms with van der Waals surface area (Å²) < 4.78 is 11.4. The Morgan fingerprint density at radius 3 is 2.54 bits per heavy atom. The number of carbonyl (C=O) groups excluding carboxylic acids is 2. The molecule has 1 saturated heterocycles. The van der Waals surface area contributed by atoms with Crippen LogP contribution in [0.15, 0.2) is 77.7 Å². The van der Waals surface area contributed by atoms with E-state index in [-0.39, 0.29) is 10.9 Å². The SMILES string of the molecule is CCC(Oc1cccc(/C=C2/SC(=S)N(NC(=O)c3ccc(OCc4ccccc4Cl)cc3)C2=O)c1)C(=O)O. The first kappa shape index (κ1) is 28.2. The van der Waals surface area contributed by atoms with Crippen LogP contribution in [-0.4, -0.2) is 38.3 Å². The molecule has 1 aliphatic heterocycles. The third kappa shape index (κ3) is 7.17. The maximum absolute atomic E-state index is 13.0. The molecule has 0 aromatic heterocycles. The first-order valence-corrected chi connectivity index (χ1v) is 13.4. The van der Waals surface area contributed by atoms with Gasteiger partial charge in [0.1, 0.15) is 18.1 Å². The minimum Gasteiger partial charge on any atom is -0.489 e. The van der Waals surface area contributed by atoms with Crippen LogP contribution in [0.3, 0.4) is 0 Å². The number of thiocarbonyl (C=S) groups is 1. The van der Waals surface area contributed by atoms with Crippen molar-refractivity contribution < 1.29 is 29.0 Å². The fraction of sp³-hybridized carbons (Fsp3) is 0.143. The number of nitrogens with one attached hydrogen (secondary N) is 1. The number of carboxylic acid groups (broad SMARTS) is 1. The largest absolute Gasteiger partial charge is 0.489 e. The molecule has 3 aromatic carbocycles. The number of hydrogen-bond donors (Lipinski definition) is 2. The Labute approximate surface area is 239 Å². The van der Waals surface area contributed by atoms with Crippen molar-refractivity contribution in [2.75, 3.05) is 0 Å². The number of rotatable bonds is 10. The summed E-state index contributed by atoms with van der Waals surface area (Å²) in [5.74, 6) is -1.14. The zero-order valence-electron chi connectivity index (χ0n) is 20.6. The first-order valence-electron chi connectivity index (χ1n) is 11.8. The van der Waals surface area contributed by atoms with Crippen molar-refractivity contribution in [1.29, 1.82) is 0 Å². The summed E-state index contributed by atoms with van der Waals surface area (Å²) in [6, 6.07) is 20.5. The van der Waals surface area contributed by atoms with Crippen molar-refractivity contribution in [2.45, 2.75) is 26.1 Å². The molecule has 0 spiro atoms. The summed E-state index contributed by atoms with van der Waals surface area (Å²) in [5.41, 5.74) is 4.32. The summed E-state index contributed by atoms with van der Waals surface area (Å²) >= 11 is 12.5. The molecule has 0 saturated carbocycles. The molecule has 11 heteroatoms. The summed E-state index contributed by atoms with van der Waals surface area (Å²) in [4.78, 5) is 37.4. The number of benzene rings is 3. The van der Waals surface area contributed by atoms with E-state index in [1.807, 2.05) is 18.2 Å². The Kier molecular flexibility index (Phi) is 9.23. The fourth-order valence-corrected chi connectivity index (χ4v) is 4.88. The van der Waals surface area contributed by atoms with Crippen LogP contribution < -0.4 is 14.9 Å². The maximum Gasteiger partial charge on any atom is 0.344 e. The average molecular weight is 583 g/mol. The average Bonchev–Trinajstić information content (AvgIpc) is 3.18. The Morgan fingerprint density at radius 2 is 1.85 bits per heavy atom. The van der Waals surface area contributed by atoms with Gasteiger partial charge in [-0.25, -0.2) is 4.79 Å². The molecule has 0 radical (unpaired) electrons. The van der Waals surface area contributed by atoms with Crippen molar-refractivity contribution in [2.24, 2.45) is 0 Å². The Morgan fingerprint density at radius 1 is 1.10 bits per heavy atom. The molecule has 200 valence electrons. The zero-order valence-corrected chi connectivity index (χ0v) is 23.0. The Hall–Kier alpha value is -3.86. The number of halogens is 1. The van der Waals surface area contributed by atoms with Gasteiger partial charge in [-0.15, -0.1) is 0 Å². The minimum atomic E-state index is -1.06. The van der Waals surface area contributed by atoms with Crippen molar-refractivity contribution in [3.8, 4) is 11.5 Å². The molecule has 1 fully saturated rings. The molecule has 39 heavy (non-hydrogen) atoms. The van der Waals surface area contributed by atoms with Crippen molar-refractivity contribution in [1.82, 2.24) is 10.4 Å². The van der Waals surface area contributed by atoms with Crippen LogP contribution in [0, 0.1) is 0 Å². The predicted molar refractivity (Wildman–Crippen MR) is 153 cm³/mol. The van der Waals surface area contributed by atoms with Crippen LogP contribution in [0.25, 0.3) is 6.08 Å². The number of aliphatic carboxylic acids is 1. The molecule has 2 N–H and O–H groups in total. The van der Waals surface area contributed by atoms with Crippen LogP contribution >= 0.6 is 35.6 Å². The van der Waals surface area contributed by atoms with Gasteiger partial charge in [0.2, 0.25) is 0 Å². The number of carbonyl (C=O) groups is 3. The van der Waals surface area contributed by atoms with Gasteiger partial charge in [0.15, 0.2) is 10.4 Å². The molecular weight excluding hydrogens is 560 g/mol. The van der Waals surface area contributed by atoms with Crippen LogP contribution in [0.2, 0.25) is 5.02 Å². The number of amides is 2. The summed E-state index contributed by atoms with van der Waals surface area (Å²) in [7, 11) is 0. The highest BCUT2D eigenvalue weighted by Crippen LogP contribution is 2.32. The minimum absolute atomic E-state index is 0.170. The van der Waals surface area contributed by atoms with E-state index >= 15 is 0 Å². The topological polar surface area (TPSA) is 105 Å². The second kappa shape index (κ2) is 12.8. The number of ether oxygens (including phenoxy) is 2. The van der Waals surface area contributed by atoms with Gasteiger partial charge < -0.3 is 14.6 Å². The highest BCUT2D eigenvalue weighted by molar-refractivity contribution is 8.26. The lowest BCUT2D eigenvalue weighted by molar-refractivity contribution is -0.145. The number of carboxylic acids is 1. The van der Waals surface area contributed by atoms with E-state index in [1.165, 1.54) is 0 Å². The van der Waals surface area contributed by atoms with Crippen molar-refractivity contribution >= 4 is 63.8 Å². The zero-order chi connectivity index (χ0) is 27.9. The van der Waals surface area contributed by atoms with Crippen LogP contribution in [0.4, 0.5) is 0 Å². The van der Waals surface area contributed by atoms with Crippen molar-refractivity contribution in [3.63, 3.8) is 0 Å². The lowest BCUT2D eigenvalue weighted by Gasteiger charge is -2.16. The predicted octanol–water partition coefficient (Wildman–Crippen LogP) is 5.71. The lowest BCUT2D eigenvalue weighted by atomic mass is 10.2. The van der Waals surface area contributed by atoms with Gasteiger partial charge in [-0.3, -0.25) is 15.0 Å². The van der Waals surface area contributed by atoms with Crippen LogP contribution in [0.1, 0.15) is 34.8 Å². The van der Waals surface area contributed by atoms with Gasteiger partial charge in [0.05, 0.1) is 4.91 Å². The van der Waals surface area contributed by atoms with Crippen molar-refractivity contribution in [3.05, 3.63) is 99.4 Å². The highest BCUT2D eigenvalue weighted by Gasteiger charge is 2.33. The van der Waals surface area contributed by atoms with Crippen LogP contribution in [-0.2, 0) is 16.2 Å². The summed E-state index contributed by atoms with van der Waals surface area (Å²) in [6.45, 7) is 1.99. The normalized spacial score (nSPS) is 14.8. The Bertz CT molecular complexity index is 1440. The van der Waals surface area contributed by atoms with Gasteiger partial charge in [-0.1, -0.05) is 60.6 Å². The fourth-order valence-electron chi connectivity index (χ4n) is 3.51. The summed E-state index contributed by atoms with van der Waals surface area (Å²) in [6.07, 6.45) is 0.929. The lowest BCUT2D eigenvalue weighted by Crippen LogP contribution is -2.44. The van der Waals surface area contributed by atoms with E-state index in [9.17, 15) is 19.5 Å². The van der Waals surface area contributed by atoms with Gasteiger partial charge >= 0.3 is 5.97 Å². The standard InChI is InChI=1S/C28H23ClN2O6S2/c1-2-23(27(34)35)37-21-8-5-6-17(14-21)15-24-26(33)31(28(38)39-24)30-25(32)18-10-12-20(13-11-18)36-16-19-7-3-4-9-22(19)29/h3-15,23H,2,16H2,1H3,(H,30,32)(H,34,35)/b24-15+. The molecule has 0 aliphatic carbocycles. The molecular formula is C28H23ClN2O6S2. The van der Waals surface area contributed by atoms with E-state index in [1.54, 1.807) is 67.6 Å². The van der Waals surface area contributed by atoms with E-state index in [4.69, 9.17) is 33.3 Å². The third-order valence-corrected chi connectivity index (χ3v) is 7.23. The van der Waals surface area contributed by atoms with E-state index in [0.717, 1.165) is 22.3 Å². The van der Waals surface area contributed by atoms with Crippen LogP contribution in [0.5, 0.6) is 11.5 Å². The monoisotopic (exact) mass is 582 g/mol. The van der Waals surface area contributed by atoms with E-state index in [2.05, 4.69) is 5.43 Å². The summed E-state index contributed by atoms with van der Waals surface area (Å²) in [5, 5.41) is 10.8. The smallest absolute Gasteiger partial charge is 0.344 e. The second-order valence-corrected chi connectivity index (χ2v) is 10.4. The Balaban J connectivity index is 1.38. The molecule has 1 heterocycles. The number of nitrogens with zero attached hydrogens (tertiary/aromatic N) is 1. The molecule has 3 aromatic rings. The van der Waals surface area contributed by atoms with Gasteiger partial charge in [0.25, 0.3) is 11.8 Å². The third-order valence-electron chi connectivity index (χ3n) is 5.56. The molecule has 8 nitrogen and oxygen atoms in total. The van der Waals surface area contributed by atoms with Gasteiger partial charge in [-0.05, 0) is 72.7 Å². The molecule has 1 atom stereocenters. The highest BCUT2D eigenvalue weighted by atomic mass is 35.5. The van der Waals surface area contributed by atoms with E-state index < -0.39 is 23.9 Å². The molecule has 0 bridgehead atoms. The molecule has 1 unspecified atom stereocenters.